The molecule has 42 valence electrons. The minimum Gasteiger partial charge on any atom is -0.0692 e. The summed E-state index contributed by atoms with van der Waals surface area (Å²) in [5.74, 6) is 2.20. The van der Waals surface area contributed by atoms with Gasteiger partial charge in [-0.05, 0) is 37.5 Å². The summed E-state index contributed by atoms with van der Waals surface area (Å²) in [6.45, 7) is 0. The van der Waals surface area contributed by atoms with E-state index in [2.05, 4.69) is 0 Å². The molecule has 3 aliphatic carbocycles. The Labute approximate surface area is 49.6 Å². The molecule has 0 aromatic heterocycles. The maximum Gasteiger partial charge on any atom is -0.0160 e. The molecular weight excluding hydrogens is 96.1 g/mol. The van der Waals surface area contributed by atoms with Crippen LogP contribution in [-0.4, -0.2) is 0 Å². The number of allylic oxidation sites excluding steroid dienone is 2. The smallest absolute Gasteiger partial charge is 0.0160 e. The summed E-state index contributed by atoms with van der Waals surface area (Å²) in [6, 6.07) is 0. The highest BCUT2D eigenvalue weighted by Crippen LogP contribution is 2.60. The van der Waals surface area contributed by atoms with E-state index in [9.17, 15) is 0 Å². The minimum atomic E-state index is 1.10. The molecule has 1 saturated carbocycles. The number of hydrogen-bond acceptors (Lipinski definition) is 0. The molecule has 0 aliphatic heterocycles. The second kappa shape index (κ2) is 0.896. The summed E-state index contributed by atoms with van der Waals surface area (Å²) in [6.07, 6.45) is 6.05. The summed E-state index contributed by atoms with van der Waals surface area (Å²) in [7, 11) is 0. The quantitative estimate of drug-likeness (QED) is 0.415. The first-order chi connectivity index (χ1) is 3.95. The fraction of sp³-hybridized carbons (Fsp3) is 0.750. The molecule has 0 heteroatoms. The Bertz CT molecular complexity index is 158. The molecule has 0 amide bonds. The van der Waals surface area contributed by atoms with Crippen LogP contribution < -0.4 is 0 Å². The van der Waals surface area contributed by atoms with E-state index in [-0.39, 0.29) is 0 Å². The largest absolute Gasteiger partial charge is 0.0692 e. The van der Waals surface area contributed by atoms with E-state index in [1.54, 1.807) is 0 Å². The molecule has 0 aromatic carbocycles. The Morgan fingerprint density at radius 2 is 1.62 bits per heavy atom. The second-order valence-electron chi connectivity index (χ2n) is 3.44. The van der Waals surface area contributed by atoms with Gasteiger partial charge in [-0.25, -0.2) is 0 Å². The van der Waals surface area contributed by atoms with Gasteiger partial charge in [-0.3, -0.25) is 0 Å². The maximum absolute atomic E-state index is 1.91. The average Bonchev–Trinajstić information content (AvgIpc) is 2.02. The molecule has 1 fully saturated rings. The highest BCUT2D eigenvalue weighted by molar-refractivity contribution is 5.42. The van der Waals surface area contributed by atoms with Crippen molar-refractivity contribution in [3.8, 4) is 0 Å². The second-order valence-corrected chi connectivity index (χ2v) is 3.44. The van der Waals surface area contributed by atoms with Crippen LogP contribution in [0.4, 0.5) is 0 Å². The molecule has 3 rings (SSSR count). The lowest BCUT2D eigenvalue weighted by atomic mass is 9.65. The van der Waals surface area contributed by atoms with Gasteiger partial charge in [0.1, 0.15) is 0 Å². The highest BCUT2D eigenvalue weighted by atomic mass is 14.5. The standard InChI is InChI=1S/C8H10/c1-2-6-4-7-3-5(1)8(6)7/h5-6H,1-4H2. The van der Waals surface area contributed by atoms with Crippen molar-refractivity contribution in [2.24, 2.45) is 11.8 Å². The van der Waals surface area contributed by atoms with E-state index in [0.29, 0.717) is 0 Å². The van der Waals surface area contributed by atoms with Gasteiger partial charge in [0.05, 0.1) is 0 Å². The first-order valence-corrected chi connectivity index (χ1v) is 3.67. The van der Waals surface area contributed by atoms with Crippen LogP contribution in [-0.2, 0) is 0 Å². The fourth-order valence-corrected chi connectivity index (χ4v) is 2.70. The van der Waals surface area contributed by atoms with E-state index in [0.717, 1.165) is 11.8 Å². The molecule has 0 heterocycles. The summed E-state index contributed by atoms with van der Waals surface area (Å²) in [4.78, 5) is 0. The highest BCUT2D eigenvalue weighted by Gasteiger charge is 2.46. The van der Waals surface area contributed by atoms with Gasteiger partial charge in [-0.1, -0.05) is 11.1 Å². The fourth-order valence-electron chi connectivity index (χ4n) is 2.70. The van der Waals surface area contributed by atoms with Crippen molar-refractivity contribution in [2.45, 2.75) is 25.7 Å². The predicted octanol–water partition coefficient (Wildman–Crippen LogP) is 2.12. The van der Waals surface area contributed by atoms with E-state index in [1.165, 1.54) is 25.7 Å². The molecule has 0 saturated heterocycles. The van der Waals surface area contributed by atoms with Crippen molar-refractivity contribution in [1.82, 2.24) is 0 Å². The summed E-state index contributed by atoms with van der Waals surface area (Å²) in [5.41, 5.74) is 3.75. The Hall–Kier alpha value is -0.260. The Morgan fingerprint density at radius 3 is 2.00 bits per heavy atom. The molecule has 0 aromatic rings. The third kappa shape index (κ3) is 0.211. The van der Waals surface area contributed by atoms with Crippen LogP contribution in [0.15, 0.2) is 11.1 Å². The van der Waals surface area contributed by atoms with Crippen LogP contribution in [0.5, 0.6) is 0 Å². The first kappa shape index (κ1) is 3.71. The van der Waals surface area contributed by atoms with Crippen LogP contribution in [0.2, 0.25) is 0 Å². The zero-order chi connectivity index (χ0) is 5.14. The van der Waals surface area contributed by atoms with Crippen LogP contribution in [0.25, 0.3) is 0 Å². The van der Waals surface area contributed by atoms with Gasteiger partial charge in [-0.2, -0.15) is 0 Å². The van der Waals surface area contributed by atoms with Gasteiger partial charge < -0.3 is 0 Å². The van der Waals surface area contributed by atoms with E-state index >= 15 is 0 Å². The number of rotatable bonds is 0. The predicted molar refractivity (Wildman–Crippen MR) is 32.5 cm³/mol. The van der Waals surface area contributed by atoms with Gasteiger partial charge in [-0.15, -0.1) is 0 Å². The molecule has 0 radical (unpaired) electrons. The van der Waals surface area contributed by atoms with Crippen LogP contribution in [0.1, 0.15) is 25.7 Å². The van der Waals surface area contributed by atoms with Gasteiger partial charge in [0.15, 0.2) is 0 Å². The van der Waals surface area contributed by atoms with Crippen LogP contribution in [0.3, 0.4) is 0 Å². The normalized spacial score (nSPS) is 48.0. The van der Waals surface area contributed by atoms with Gasteiger partial charge in [0, 0.05) is 0 Å². The lowest BCUT2D eigenvalue weighted by molar-refractivity contribution is 0.443. The average molecular weight is 106 g/mol. The lowest BCUT2D eigenvalue weighted by Crippen LogP contribution is -2.26. The SMILES string of the molecule is C1CC2CC3=C2C1C3. The zero-order valence-electron chi connectivity index (χ0n) is 4.98. The van der Waals surface area contributed by atoms with Crippen molar-refractivity contribution in [3.05, 3.63) is 11.1 Å². The Morgan fingerprint density at radius 1 is 1.00 bits per heavy atom. The van der Waals surface area contributed by atoms with E-state index in [4.69, 9.17) is 0 Å². The third-order valence-corrected chi connectivity index (χ3v) is 3.14. The minimum absolute atomic E-state index is 1.10. The summed E-state index contributed by atoms with van der Waals surface area (Å²) < 4.78 is 0. The van der Waals surface area contributed by atoms with E-state index in [1.807, 2.05) is 11.1 Å². The van der Waals surface area contributed by atoms with Crippen LogP contribution in [0, 0.1) is 11.8 Å². The first-order valence-electron chi connectivity index (χ1n) is 3.67. The number of hydrogen-bond donors (Lipinski definition) is 0. The molecule has 3 aliphatic rings. The van der Waals surface area contributed by atoms with E-state index < -0.39 is 0 Å². The Balaban J connectivity index is 2.18. The maximum atomic E-state index is 1.91. The van der Waals surface area contributed by atoms with Crippen molar-refractivity contribution >= 4 is 0 Å². The topological polar surface area (TPSA) is 0 Å². The van der Waals surface area contributed by atoms with Crippen molar-refractivity contribution < 1.29 is 0 Å². The monoisotopic (exact) mass is 106 g/mol. The molecular formula is C8H10. The molecule has 0 bridgehead atoms. The third-order valence-electron chi connectivity index (χ3n) is 3.14. The van der Waals surface area contributed by atoms with Gasteiger partial charge in [0.25, 0.3) is 0 Å². The summed E-state index contributed by atoms with van der Waals surface area (Å²) >= 11 is 0. The van der Waals surface area contributed by atoms with Gasteiger partial charge >= 0.3 is 0 Å². The molecule has 2 unspecified atom stereocenters. The Kier molecular flexibility index (Phi) is 0.415. The molecule has 0 nitrogen and oxygen atoms in total. The molecule has 2 atom stereocenters. The zero-order valence-corrected chi connectivity index (χ0v) is 4.98. The molecule has 8 heavy (non-hydrogen) atoms. The van der Waals surface area contributed by atoms with Gasteiger partial charge in [0.2, 0.25) is 0 Å². The van der Waals surface area contributed by atoms with Crippen molar-refractivity contribution in [1.29, 1.82) is 0 Å². The lowest BCUT2D eigenvalue weighted by Gasteiger charge is -2.40. The van der Waals surface area contributed by atoms with Crippen molar-refractivity contribution in [3.63, 3.8) is 0 Å². The molecule has 0 N–H and O–H groups in total. The van der Waals surface area contributed by atoms with Crippen molar-refractivity contribution in [2.75, 3.05) is 0 Å². The molecule has 0 spiro atoms. The van der Waals surface area contributed by atoms with Crippen LogP contribution >= 0.6 is 0 Å². The summed E-state index contributed by atoms with van der Waals surface area (Å²) in [5, 5.41) is 0.